The van der Waals surface area contributed by atoms with Gasteiger partial charge in [-0.1, -0.05) is 12.1 Å². The van der Waals surface area contributed by atoms with E-state index in [1.807, 2.05) is 20.8 Å². The number of amides is 1. The van der Waals surface area contributed by atoms with E-state index in [0.29, 0.717) is 25.6 Å². The lowest BCUT2D eigenvalue weighted by atomic mass is 10.2. The molecule has 0 unspecified atom stereocenters. The molecule has 0 aliphatic carbocycles. The van der Waals surface area contributed by atoms with Gasteiger partial charge in [0.1, 0.15) is 5.75 Å². The molecule has 0 aromatic heterocycles. The van der Waals surface area contributed by atoms with Crippen LogP contribution in [-0.2, 0) is 11.3 Å². The maximum absolute atomic E-state index is 12.3. The third-order valence-corrected chi connectivity index (χ3v) is 3.72. The van der Waals surface area contributed by atoms with E-state index in [-0.39, 0.29) is 24.7 Å². The molecule has 0 radical (unpaired) electrons. The Kier molecular flexibility index (Phi) is 9.40. The van der Waals surface area contributed by atoms with Crippen molar-refractivity contribution in [1.29, 1.82) is 0 Å². The van der Waals surface area contributed by atoms with Gasteiger partial charge in [0.15, 0.2) is 5.96 Å². The fraction of sp³-hybridized carbons (Fsp3) is 0.556. The summed E-state index contributed by atoms with van der Waals surface area (Å²) in [6.07, 6.45) is 0. The van der Waals surface area contributed by atoms with Crippen molar-refractivity contribution >= 4 is 11.9 Å². The number of nitrogens with one attached hydrogen (secondary N) is 1. The number of hydrogen-bond donors (Lipinski definition) is 1. The summed E-state index contributed by atoms with van der Waals surface area (Å²) in [7, 11) is 1.79. The number of likely N-dealkylation sites (N-methyl/N-ethyl adjacent to an activating group) is 2. The van der Waals surface area contributed by atoms with E-state index in [9.17, 15) is 13.6 Å². The Bertz CT molecular complexity index is 592. The topological polar surface area (TPSA) is 57.2 Å². The number of rotatable bonds is 9. The smallest absolute Gasteiger partial charge is 0.387 e. The van der Waals surface area contributed by atoms with Crippen molar-refractivity contribution in [3.8, 4) is 5.75 Å². The van der Waals surface area contributed by atoms with Gasteiger partial charge < -0.3 is 19.9 Å². The maximum Gasteiger partial charge on any atom is 0.387 e. The minimum absolute atomic E-state index is 0.0235. The largest absolute Gasteiger partial charge is 0.435 e. The second kappa shape index (κ2) is 11.3. The van der Waals surface area contributed by atoms with Crippen LogP contribution in [-0.4, -0.2) is 61.5 Å². The normalized spacial score (nSPS) is 11.4. The third kappa shape index (κ3) is 7.25. The van der Waals surface area contributed by atoms with Crippen LogP contribution in [0.4, 0.5) is 8.78 Å². The van der Waals surface area contributed by atoms with Crippen molar-refractivity contribution in [1.82, 2.24) is 15.1 Å². The number of halogens is 2. The van der Waals surface area contributed by atoms with Gasteiger partial charge in [-0.05, 0) is 38.5 Å². The molecule has 0 spiro atoms. The van der Waals surface area contributed by atoms with Crippen LogP contribution in [0.2, 0.25) is 0 Å². The molecule has 0 heterocycles. The second-order valence-corrected chi connectivity index (χ2v) is 5.62. The van der Waals surface area contributed by atoms with Crippen molar-refractivity contribution in [3.05, 3.63) is 29.8 Å². The molecule has 1 amide bonds. The van der Waals surface area contributed by atoms with Crippen LogP contribution in [0.3, 0.4) is 0 Å². The van der Waals surface area contributed by atoms with Gasteiger partial charge in [-0.3, -0.25) is 4.79 Å². The number of hydrogen-bond acceptors (Lipinski definition) is 3. The van der Waals surface area contributed by atoms with Gasteiger partial charge in [0.2, 0.25) is 5.91 Å². The number of carbonyl (C=O) groups is 1. The van der Waals surface area contributed by atoms with Crippen molar-refractivity contribution in [2.24, 2.45) is 4.99 Å². The molecular weight excluding hydrogens is 342 g/mol. The number of ether oxygens (including phenoxy) is 1. The minimum Gasteiger partial charge on any atom is -0.435 e. The summed E-state index contributed by atoms with van der Waals surface area (Å²) in [5, 5.41) is 3.13. The molecule has 0 saturated heterocycles. The number of aliphatic imine (C=N–C) groups is 1. The Morgan fingerprint density at radius 3 is 2.54 bits per heavy atom. The molecular formula is C18H28F2N4O2. The molecule has 0 saturated carbocycles. The average Bonchev–Trinajstić information content (AvgIpc) is 2.59. The average molecular weight is 370 g/mol. The first-order chi connectivity index (χ1) is 12.4. The number of guanidine groups is 1. The summed E-state index contributed by atoms with van der Waals surface area (Å²) in [4.78, 5) is 20.3. The Labute approximate surface area is 153 Å². The van der Waals surface area contributed by atoms with Crippen molar-refractivity contribution < 1.29 is 18.3 Å². The first kappa shape index (κ1) is 21.7. The quantitative estimate of drug-likeness (QED) is 0.536. The summed E-state index contributed by atoms with van der Waals surface area (Å²) >= 11 is 0. The van der Waals surface area contributed by atoms with Crippen molar-refractivity contribution in [2.45, 2.75) is 33.9 Å². The van der Waals surface area contributed by atoms with Gasteiger partial charge in [-0.2, -0.15) is 8.78 Å². The molecule has 6 nitrogen and oxygen atoms in total. The van der Waals surface area contributed by atoms with Crippen LogP contribution in [0.25, 0.3) is 0 Å². The number of nitrogens with zero attached hydrogens (tertiary/aromatic N) is 3. The Balaban J connectivity index is 2.80. The molecule has 0 atom stereocenters. The van der Waals surface area contributed by atoms with Crippen LogP contribution in [0.1, 0.15) is 26.3 Å². The van der Waals surface area contributed by atoms with Gasteiger partial charge >= 0.3 is 6.61 Å². The standard InChI is InChI=1S/C18H28F2N4O2/c1-5-21-18(23(4)13-16(25)24(6-2)7-3)22-12-14-9-8-10-15(11-14)26-17(19)20/h8-11,17H,5-7,12-13H2,1-4H3,(H,21,22). The van der Waals surface area contributed by atoms with Gasteiger partial charge in [-0.15, -0.1) is 0 Å². The molecule has 0 aliphatic heterocycles. The van der Waals surface area contributed by atoms with Crippen LogP contribution in [0.15, 0.2) is 29.3 Å². The monoisotopic (exact) mass is 370 g/mol. The number of benzene rings is 1. The highest BCUT2D eigenvalue weighted by atomic mass is 19.3. The van der Waals surface area contributed by atoms with Gasteiger partial charge in [0.25, 0.3) is 0 Å². The van der Waals surface area contributed by atoms with E-state index in [2.05, 4.69) is 15.0 Å². The Morgan fingerprint density at radius 2 is 1.96 bits per heavy atom. The molecule has 1 N–H and O–H groups in total. The lowest BCUT2D eigenvalue weighted by Crippen LogP contribution is -2.45. The Hall–Kier alpha value is -2.38. The summed E-state index contributed by atoms with van der Waals surface area (Å²) in [6, 6.07) is 6.43. The molecule has 0 fully saturated rings. The number of carbonyl (C=O) groups excluding carboxylic acids is 1. The second-order valence-electron chi connectivity index (χ2n) is 5.62. The van der Waals surface area contributed by atoms with Crippen LogP contribution < -0.4 is 10.1 Å². The Morgan fingerprint density at radius 1 is 1.27 bits per heavy atom. The lowest BCUT2D eigenvalue weighted by Gasteiger charge is -2.25. The van der Waals surface area contributed by atoms with Gasteiger partial charge in [0.05, 0.1) is 13.1 Å². The predicted molar refractivity (Wildman–Crippen MR) is 98.4 cm³/mol. The minimum atomic E-state index is -2.86. The summed E-state index contributed by atoms with van der Waals surface area (Å²) in [5.74, 6) is 0.700. The SMILES string of the molecule is CCNC(=NCc1cccc(OC(F)F)c1)N(C)CC(=O)N(CC)CC. The summed E-state index contributed by atoms with van der Waals surface area (Å²) < 4.78 is 29.0. The van der Waals surface area contributed by atoms with E-state index in [4.69, 9.17) is 0 Å². The zero-order chi connectivity index (χ0) is 19.5. The van der Waals surface area contributed by atoms with E-state index in [1.165, 1.54) is 12.1 Å². The molecule has 0 aliphatic rings. The fourth-order valence-electron chi connectivity index (χ4n) is 2.41. The fourth-order valence-corrected chi connectivity index (χ4v) is 2.41. The zero-order valence-electron chi connectivity index (χ0n) is 15.8. The highest BCUT2D eigenvalue weighted by Crippen LogP contribution is 2.16. The van der Waals surface area contributed by atoms with Crippen LogP contribution in [0, 0.1) is 0 Å². The molecule has 1 rings (SSSR count). The van der Waals surface area contributed by atoms with E-state index >= 15 is 0 Å². The molecule has 8 heteroatoms. The van der Waals surface area contributed by atoms with Crippen LogP contribution in [0.5, 0.6) is 5.75 Å². The molecule has 26 heavy (non-hydrogen) atoms. The first-order valence-electron chi connectivity index (χ1n) is 8.72. The van der Waals surface area contributed by atoms with Gasteiger partial charge in [-0.25, -0.2) is 4.99 Å². The third-order valence-electron chi connectivity index (χ3n) is 3.72. The highest BCUT2D eigenvalue weighted by Gasteiger charge is 2.15. The van der Waals surface area contributed by atoms with Crippen LogP contribution >= 0.6 is 0 Å². The van der Waals surface area contributed by atoms with E-state index < -0.39 is 6.61 Å². The van der Waals surface area contributed by atoms with E-state index in [0.717, 1.165) is 5.56 Å². The highest BCUT2D eigenvalue weighted by molar-refractivity contribution is 5.86. The maximum atomic E-state index is 12.3. The van der Waals surface area contributed by atoms with Gasteiger partial charge in [0, 0.05) is 26.7 Å². The molecule has 0 bridgehead atoms. The lowest BCUT2D eigenvalue weighted by molar-refractivity contribution is -0.131. The molecule has 1 aromatic rings. The zero-order valence-corrected chi connectivity index (χ0v) is 15.8. The van der Waals surface area contributed by atoms with E-state index in [1.54, 1.807) is 29.0 Å². The summed E-state index contributed by atoms with van der Waals surface area (Å²) in [6.45, 7) is 5.42. The first-order valence-corrected chi connectivity index (χ1v) is 8.72. The number of alkyl halides is 2. The van der Waals surface area contributed by atoms with Crippen molar-refractivity contribution in [3.63, 3.8) is 0 Å². The molecule has 1 aromatic carbocycles. The predicted octanol–water partition coefficient (Wildman–Crippen LogP) is 2.55. The summed E-state index contributed by atoms with van der Waals surface area (Å²) in [5.41, 5.74) is 0.738. The molecule has 146 valence electrons. The van der Waals surface area contributed by atoms with Crippen molar-refractivity contribution in [2.75, 3.05) is 33.2 Å².